The van der Waals surface area contributed by atoms with Crippen molar-refractivity contribution in [2.24, 2.45) is 0 Å². The summed E-state index contributed by atoms with van der Waals surface area (Å²) in [5, 5.41) is 15.0. The van der Waals surface area contributed by atoms with Crippen LogP contribution in [0.3, 0.4) is 0 Å². The highest BCUT2D eigenvalue weighted by Gasteiger charge is 2.29. The van der Waals surface area contributed by atoms with Gasteiger partial charge in [0.15, 0.2) is 0 Å². The highest BCUT2D eigenvalue weighted by Crippen LogP contribution is 2.16. The average Bonchev–Trinajstić information content (AvgIpc) is 2.74. The lowest BCUT2D eigenvalue weighted by Gasteiger charge is -2.31. The van der Waals surface area contributed by atoms with Crippen molar-refractivity contribution in [2.75, 3.05) is 6.61 Å². The number of hydrogen-bond acceptors (Lipinski definition) is 6. The molecule has 3 N–H and O–H groups in total. The highest BCUT2D eigenvalue weighted by molar-refractivity contribution is 5.92. The molecule has 1 aliphatic rings. The van der Waals surface area contributed by atoms with E-state index >= 15 is 0 Å². The number of aliphatic hydroxyl groups excluding tert-OH is 1. The van der Waals surface area contributed by atoms with Crippen molar-refractivity contribution in [1.29, 1.82) is 0 Å². The van der Waals surface area contributed by atoms with Crippen LogP contribution in [-0.4, -0.2) is 51.7 Å². The van der Waals surface area contributed by atoms with E-state index in [1.54, 1.807) is 30.4 Å². The van der Waals surface area contributed by atoms with Gasteiger partial charge in [-0.05, 0) is 6.07 Å². The quantitative estimate of drug-likeness (QED) is 0.591. The maximum absolute atomic E-state index is 13.6. The molecule has 9 heteroatoms. The molecule has 0 fully saturated rings. The first kappa shape index (κ1) is 20.6. The average molecular weight is 400 g/mol. The van der Waals surface area contributed by atoms with E-state index in [2.05, 4.69) is 20.6 Å². The summed E-state index contributed by atoms with van der Waals surface area (Å²) >= 11 is 0. The van der Waals surface area contributed by atoms with Gasteiger partial charge in [-0.15, -0.1) is 0 Å². The van der Waals surface area contributed by atoms with E-state index in [-0.39, 0.29) is 37.0 Å². The fourth-order valence-electron chi connectivity index (χ4n) is 2.87. The Hall–Kier alpha value is -3.17. The molecular weight excluding hydrogens is 379 g/mol. The molecule has 0 unspecified atom stereocenters. The van der Waals surface area contributed by atoms with Crippen LogP contribution in [0.4, 0.5) is 4.39 Å². The molecule has 0 bridgehead atoms. The highest BCUT2D eigenvalue weighted by atomic mass is 19.1. The van der Waals surface area contributed by atoms with Crippen molar-refractivity contribution >= 4 is 11.8 Å². The molecule has 2 heterocycles. The Bertz CT molecular complexity index is 878. The lowest BCUT2D eigenvalue weighted by Crippen LogP contribution is -2.49. The Labute approximate surface area is 166 Å². The van der Waals surface area contributed by atoms with Crippen LogP contribution in [0.25, 0.3) is 0 Å². The molecule has 0 aliphatic carbocycles. The predicted molar refractivity (Wildman–Crippen MR) is 101 cm³/mol. The molecule has 2 aromatic rings. The molecule has 0 radical (unpaired) electrons. The van der Waals surface area contributed by atoms with Crippen molar-refractivity contribution in [3.8, 4) is 0 Å². The topological polar surface area (TPSA) is 113 Å². The fourth-order valence-corrected chi connectivity index (χ4v) is 2.87. The largest absolute Gasteiger partial charge is 0.394 e. The van der Waals surface area contributed by atoms with E-state index in [0.717, 1.165) is 0 Å². The van der Waals surface area contributed by atoms with E-state index in [9.17, 15) is 19.1 Å². The summed E-state index contributed by atoms with van der Waals surface area (Å²) in [6, 6.07) is 5.62. The molecule has 0 spiro atoms. The third-order valence-electron chi connectivity index (χ3n) is 4.38. The van der Waals surface area contributed by atoms with Crippen LogP contribution in [0.1, 0.15) is 22.5 Å². The van der Waals surface area contributed by atoms with Crippen LogP contribution < -0.4 is 10.6 Å². The van der Waals surface area contributed by atoms with Crippen LogP contribution in [0, 0.1) is 5.82 Å². The number of aliphatic hydroxyl groups is 1. The van der Waals surface area contributed by atoms with Gasteiger partial charge in [-0.3, -0.25) is 14.6 Å². The van der Waals surface area contributed by atoms with Crippen molar-refractivity contribution in [1.82, 2.24) is 20.6 Å². The number of carbonyl (C=O) groups is 2. The second kappa shape index (κ2) is 9.85. The Morgan fingerprint density at radius 1 is 1.21 bits per heavy atom. The molecule has 0 saturated heterocycles. The Balaban J connectivity index is 1.53. The van der Waals surface area contributed by atoms with Crippen molar-refractivity contribution in [3.05, 3.63) is 72.1 Å². The van der Waals surface area contributed by atoms with Gasteiger partial charge in [0.1, 0.15) is 17.6 Å². The summed E-state index contributed by atoms with van der Waals surface area (Å²) in [5.41, 5.74) is 0.535. The van der Waals surface area contributed by atoms with Gasteiger partial charge in [-0.25, -0.2) is 9.37 Å². The van der Waals surface area contributed by atoms with Crippen LogP contribution >= 0.6 is 0 Å². The number of hydrogen-bond donors (Lipinski definition) is 3. The molecule has 3 rings (SSSR count). The molecule has 8 nitrogen and oxygen atoms in total. The molecule has 1 aromatic carbocycles. The zero-order valence-electron chi connectivity index (χ0n) is 15.5. The van der Waals surface area contributed by atoms with E-state index < -0.39 is 24.2 Å². The number of halogens is 1. The summed E-state index contributed by atoms with van der Waals surface area (Å²) in [7, 11) is 0. The number of nitrogens with one attached hydrogen (secondary N) is 2. The van der Waals surface area contributed by atoms with Crippen LogP contribution in [0.15, 0.2) is 55.0 Å². The first-order valence-electron chi connectivity index (χ1n) is 9.08. The zero-order chi connectivity index (χ0) is 20.6. The predicted octanol–water partition coefficient (Wildman–Crippen LogP) is 0.737. The number of rotatable bonds is 7. The van der Waals surface area contributed by atoms with Gasteiger partial charge in [0, 0.05) is 24.5 Å². The first-order valence-corrected chi connectivity index (χ1v) is 9.08. The summed E-state index contributed by atoms with van der Waals surface area (Å²) in [6.45, 7) is -0.273. The second-order valence-electron chi connectivity index (χ2n) is 6.44. The van der Waals surface area contributed by atoms with E-state index in [1.165, 1.54) is 24.7 Å². The summed E-state index contributed by atoms with van der Waals surface area (Å²) in [4.78, 5) is 32.1. The van der Waals surface area contributed by atoms with Gasteiger partial charge in [0.05, 0.1) is 31.4 Å². The van der Waals surface area contributed by atoms with Gasteiger partial charge in [0.2, 0.25) is 5.91 Å². The van der Waals surface area contributed by atoms with Crippen LogP contribution in [0.5, 0.6) is 0 Å². The first-order chi connectivity index (χ1) is 14.1. The summed E-state index contributed by atoms with van der Waals surface area (Å²) in [6.07, 6.45) is 6.23. The molecule has 1 aromatic heterocycles. The zero-order valence-corrected chi connectivity index (χ0v) is 15.5. The number of nitrogens with zero attached hydrogens (tertiary/aromatic N) is 2. The Morgan fingerprint density at radius 3 is 2.76 bits per heavy atom. The smallest absolute Gasteiger partial charge is 0.272 e. The molecule has 152 valence electrons. The van der Waals surface area contributed by atoms with Gasteiger partial charge < -0.3 is 20.5 Å². The Kier molecular flexibility index (Phi) is 6.99. The summed E-state index contributed by atoms with van der Waals surface area (Å²) < 4.78 is 19.3. The lowest BCUT2D eigenvalue weighted by molar-refractivity contribution is -0.125. The summed E-state index contributed by atoms with van der Waals surface area (Å²) in [5.74, 6) is -1.15. The monoisotopic (exact) mass is 400 g/mol. The van der Waals surface area contributed by atoms with E-state index in [0.29, 0.717) is 5.56 Å². The minimum Gasteiger partial charge on any atom is -0.394 e. The fraction of sp³-hybridized carbons (Fsp3) is 0.300. The molecular formula is C20H21FN4O4. The van der Waals surface area contributed by atoms with Gasteiger partial charge in [0.25, 0.3) is 5.91 Å². The number of carbonyl (C=O) groups excluding carboxylic acids is 2. The SMILES string of the molecule is O=C(C[C@@H]1C=C[C@@H](NC(=O)c2cnccn2)[C@@H](CO)O1)NCc1ccccc1F. The van der Waals surface area contributed by atoms with E-state index in [4.69, 9.17) is 4.74 Å². The number of aromatic nitrogens is 2. The van der Waals surface area contributed by atoms with Crippen molar-refractivity contribution < 1.29 is 23.8 Å². The normalized spacial score (nSPS) is 20.8. The van der Waals surface area contributed by atoms with E-state index in [1.807, 2.05) is 0 Å². The number of ether oxygens (including phenoxy) is 1. The van der Waals surface area contributed by atoms with Crippen molar-refractivity contribution in [3.63, 3.8) is 0 Å². The molecule has 0 saturated carbocycles. The van der Waals surface area contributed by atoms with Crippen LogP contribution in [-0.2, 0) is 16.1 Å². The third kappa shape index (κ3) is 5.66. The molecule has 29 heavy (non-hydrogen) atoms. The van der Waals surface area contributed by atoms with Gasteiger partial charge >= 0.3 is 0 Å². The molecule has 3 atom stereocenters. The standard InChI is InChI=1S/C20H21FN4O4/c21-15-4-2-1-3-13(15)10-24-19(27)9-14-5-6-16(18(12-26)29-14)25-20(28)17-11-22-7-8-23-17/h1-8,11,14,16,18,26H,9-10,12H2,(H,24,27)(H,25,28)/t14-,16+,18+/m0/s1. The third-order valence-corrected chi connectivity index (χ3v) is 4.38. The van der Waals surface area contributed by atoms with Crippen LogP contribution in [0.2, 0.25) is 0 Å². The van der Waals surface area contributed by atoms with Crippen molar-refractivity contribution in [2.45, 2.75) is 31.2 Å². The minimum absolute atomic E-state index is 0.00623. The minimum atomic E-state index is -0.718. The number of amides is 2. The number of benzene rings is 1. The maximum atomic E-state index is 13.6. The second-order valence-corrected chi connectivity index (χ2v) is 6.44. The Morgan fingerprint density at radius 2 is 2.03 bits per heavy atom. The van der Waals surface area contributed by atoms with Gasteiger partial charge in [-0.1, -0.05) is 30.4 Å². The molecule has 1 aliphatic heterocycles. The maximum Gasteiger partial charge on any atom is 0.272 e. The molecule has 2 amide bonds. The van der Waals surface area contributed by atoms with Gasteiger partial charge in [-0.2, -0.15) is 0 Å². The lowest BCUT2D eigenvalue weighted by atomic mass is 10.0.